The van der Waals surface area contributed by atoms with E-state index in [4.69, 9.17) is 15.9 Å². The highest BCUT2D eigenvalue weighted by atomic mass is 19.1. The van der Waals surface area contributed by atoms with Crippen molar-refractivity contribution in [2.24, 2.45) is 11.7 Å². The van der Waals surface area contributed by atoms with E-state index in [9.17, 15) is 23.6 Å². The number of ether oxygens (including phenoxy) is 1. The first kappa shape index (κ1) is 31.3. The van der Waals surface area contributed by atoms with Gasteiger partial charge in [-0.2, -0.15) is 0 Å². The van der Waals surface area contributed by atoms with Crippen LogP contribution in [-0.4, -0.2) is 72.4 Å². The Hall–Kier alpha value is -3.96. The quantitative estimate of drug-likeness (QED) is 0.103. The molecule has 1 aliphatic rings. The Morgan fingerprint density at radius 3 is 2.51 bits per heavy atom. The van der Waals surface area contributed by atoms with Crippen molar-refractivity contribution in [2.75, 3.05) is 19.8 Å². The number of Topliss-reactive ketones (excluding diaryl/α,β-unsaturated/α-hetero) is 1. The van der Waals surface area contributed by atoms with E-state index in [1.807, 2.05) is 32.0 Å². The third-order valence-electron chi connectivity index (χ3n) is 6.49. The maximum Gasteiger partial charge on any atom is 0.408 e. The van der Waals surface area contributed by atoms with Crippen LogP contribution < -0.4 is 21.7 Å². The summed E-state index contributed by atoms with van der Waals surface area (Å²) in [5, 5.41) is 14.9. The molecule has 1 aromatic rings. The Morgan fingerprint density at radius 2 is 1.90 bits per heavy atom. The minimum atomic E-state index is -1.25. The van der Waals surface area contributed by atoms with E-state index < -0.39 is 48.5 Å². The first-order valence-corrected chi connectivity index (χ1v) is 13.0. The summed E-state index contributed by atoms with van der Waals surface area (Å²) in [6.45, 7) is 6.98. The summed E-state index contributed by atoms with van der Waals surface area (Å²) < 4.78 is 18.5. The number of carbonyl (C=O) groups excluding carboxylic acids is 4. The first-order valence-electron chi connectivity index (χ1n) is 13.0. The summed E-state index contributed by atoms with van der Waals surface area (Å²) in [4.78, 5) is 52.8. The minimum absolute atomic E-state index is 0.0163. The van der Waals surface area contributed by atoms with Crippen molar-refractivity contribution in [3.05, 3.63) is 48.0 Å². The Bertz CT molecular complexity index is 1030. The van der Waals surface area contributed by atoms with Gasteiger partial charge in [0.05, 0.1) is 6.04 Å². The highest BCUT2D eigenvalue weighted by Gasteiger charge is 2.40. The standard InChI is InChI=1S/C27H39FN6O5/c1-17(2)18(3)23(33-27(38)39-16-19-9-5-4-6-10-19)25(37)34-14-8-12-21(34)24(36)32-20(22(35)15-28)11-7-13-31-26(29)30/h4-6,9-10,17,20-21,23H,3,7-8,11-16H2,1-2H3,(H,32,36)(H,33,38)(H4,29,30,31)/t20-,21-,23-/m0/s1. The molecule has 0 bridgehead atoms. The molecule has 3 atom stereocenters. The lowest BCUT2D eigenvalue weighted by atomic mass is 9.96. The number of likely N-dealkylation sites (tertiary alicyclic amines) is 1. The third kappa shape index (κ3) is 9.69. The highest BCUT2D eigenvalue weighted by Crippen LogP contribution is 2.23. The molecule has 3 amide bonds. The first-order chi connectivity index (χ1) is 18.5. The maximum absolute atomic E-state index is 13.6. The second-order valence-corrected chi connectivity index (χ2v) is 9.70. The number of hydrogen-bond acceptors (Lipinski definition) is 6. The predicted molar refractivity (Wildman–Crippen MR) is 144 cm³/mol. The van der Waals surface area contributed by atoms with Crippen LogP contribution in [0.3, 0.4) is 0 Å². The van der Waals surface area contributed by atoms with Gasteiger partial charge in [0.15, 0.2) is 11.7 Å². The van der Waals surface area contributed by atoms with Gasteiger partial charge in [-0.25, -0.2) is 9.18 Å². The zero-order valence-corrected chi connectivity index (χ0v) is 22.5. The fourth-order valence-electron chi connectivity index (χ4n) is 4.20. The van der Waals surface area contributed by atoms with Crippen molar-refractivity contribution in [3.8, 4) is 0 Å². The molecule has 0 aliphatic carbocycles. The van der Waals surface area contributed by atoms with Gasteiger partial charge in [0, 0.05) is 13.1 Å². The Kier molecular flexibility index (Phi) is 12.4. The van der Waals surface area contributed by atoms with Crippen LogP contribution >= 0.6 is 0 Å². The number of nitrogens with one attached hydrogen (secondary N) is 4. The number of alkyl halides is 1. The smallest absolute Gasteiger partial charge is 0.408 e. The average Bonchev–Trinajstić information content (AvgIpc) is 3.41. The molecule has 0 aromatic heterocycles. The molecular formula is C27H39FN6O5. The summed E-state index contributed by atoms with van der Waals surface area (Å²) in [6, 6.07) is 5.98. The van der Waals surface area contributed by atoms with Gasteiger partial charge >= 0.3 is 6.09 Å². The van der Waals surface area contributed by atoms with E-state index in [1.165, 1.54) is 4.90 Å². The third-order valence-corrected chi connectivity index (χ3v) is 6.49. The lowest BCUT2D eigenvalue weighted by Crippen LogP contribution is -2.56. The second-order valence-electron chi connectivity index (χ2n) is 9.70. The maximum atomic E-state index is 13.6. The van der Waals surface area contributed by atoms with Crippen LogP contribution in [0.4, 0.5) is 9.18 Å². The van der Waals surface area contributed by atoms with E-state index in [1.54, 1.807) is 12.1 Å². The predicted octanol–water partition coefficient (Wildman–Crippen LogP) is 1.77. The van der Waals surface area contributed by atoms with Crippen LogP contribution in [0.25, 0.3) is 0 Å². The van der Waals surface area contributed by atoms with Crippen LogP contribution in [0.1, 0.15) is 45.1 Å². The minimum Gasteiger partial charge on any atom is -0.445 e. The topological polar surface area (TPSA) is 167 Å². The van der Waals surface area contributed by atoms with E-state index in [2.05, 4.69) is 22.5 Å². The van der Waals surface area contributed by atoms with Crippen LogP contribution in [0.5, 0.6) is 0 Å². The number of nitrogens with two attached hydrogens (primary N) is 1. The Morgan fingerprint density at radius 1 is 1.21 bits per heavy atom. The van der Waals surface area contributed by atoms with Gasteiger partial charge in [0.2, 0.25) is 11.8 Å². The molecule has 12 heteroatoms. The molecule has 1 fully saturated rings. The van der Waals surface area contributed by atoms with Gasteiger partial charge in [0.1, 0.15) is 25.4 Å². The summed E-state index contributed by atoms with van der Waals surface area (Å²) in [5.41, 5.74) is 6.47. The Labute approximate surface area is 228 Å². The molecule has 0 spiro atoms. The highest BCUT2D eigenvalue weighted by molar-refractivity contribution is 5.96. The van der Waals surface area contributed by atoms with Gasteiger partial charge in [-0.15, -0.1) is 0 Å². The number of hydrogen-bond donors (Lipinski definition) is 5. The lowest BCUT2D eigenvalue weighted by Gasteiger charge is -2.31. The number of halogens is 1. The molecule has 1 aliphatic heterocycles. The molecule has 1 saturated heterocycles. The molecular weight excluding hydrogens is 507 g/mol. The van der Waals surface area contributed by atoms with Gasteiger partial charge in [-0.3, -0.25) is 19.8 Å². The number of amides is 3. The van der Waals surface area contributed by atoms with E-state index in [0.29, 0.717) is 24.8 Å². The van der Waals surface area contributed by atoms with Crippen LogP contribution in [0, 0.1) is 11.3 Å². The largest absolute Gasteiger partial charge is 0.445 e. The fraction of sp³-hybridized carbons (Fsp3) is 0.519. The van der Waals surface area contributed by atoms with Crippen LogP contribution in [0.15, 0.2) is 42.5 Å². The zero-order valence-electron chi connectivity index (χ0n) is 22.5. The number of benzene rings is 1. The number of alkyl carbamates (subject to hydrolysis) is 1. The molecule has 1 aromatic carbocycles. The van der Waals surface area contributed by atoms with Crippen LogP contribution in [-0.2, 0) is 25.7 Å². The number of guanidine groups is 1. The molecule has 0 radical (unpaired) electrons. The average molecular weight is 547 g/mol. The van der Waals surface area contributed by atoms with E-state index in [-0.39, 0.29) is 38.0 Å². The summed E-state index contributed by atoms with van der Waals surface area (Å²) in [5.74, 6) is -2.26. The number of carbonyl (C=O) groups is 4. The van der Waals surface area contributed by atoms with Crippen molar-refractivity contribution in [1.29, 1.82) is 5.41 Å². The van der Waals surface area contributed by atoms with Gasteiger partial charge < -0.3 is 31.3 Å². The van der Waals surface area contributed by atoms with Crippen molar-refractivity contribution < 1.29 is 28.3 Å². The molecule has 214 valence electrons. The molecule has 39 heavy (non-hydrogen) atoms. The number of ketones is 1. The second kappa shape index (κ2) is 15.5. The molecule has 6 N–H and O–H groups in total. The van der Waals surface area contributed by atoms with Gasteiger partial charge in [-0.1, -0.05) is 50.8 Å². The summed E-state index contributed by atoms with van der Waals surface area (Å²) in [7, 11) is 0. The summed E-state index contributed by atoms with van der Waals surface area (Å²) in [6.07, 6.45) is 0.575. The van der Waals surface area contributed by atoms with Crippen molar-refractivity contribution in [3.63, 3.8) is 0 Å². The number of rotatable bonds is 14. The van der Waals surface area contributed by atoms with Gasteiger partial charge in [0.25, 0.3) is 0 Å². The molecule has 0 unspecified atom stereocenters. The van der Waals surface area contributed by atoms with Crippen molar-refractivity contribution >= 4 is 29.7 Å². The molecule has 2 rings (SSSR count). The van der Waals surface area contributed by atoms with Gasteiger partial charge in [-0.05, 0) is 42.7 Å². The number of nitrogens with zero attached hydrogens (tertiary/aromatic N) is 1. The molecule has 11 nitrogen and oxygen atoms in total. The normalized spacial score (nSPS) is 16.2. The monoisotopic (exact) mass is 546 g/mol. The summed E-state index contributed by atoms with van der Waals surface area (Å²) >= 11 is 0. The molecule has 1 heterocycles. The van der Waals surface area contributed by atoms with Crippen molar-refractivity contribution in [1.82, 2.24) is 20.9 Å². The fourth-order valence-corrected chi connectivity index (χ4v) is 4.20. The zero-order chi connectivity index (χ0) is 28.9. The molecule has 0 saturated carbocycles. The van der Waals surface area contributed by atoms with Crippen LogP contribution in [0.2, 0.25) is 0 Å². The van der Waals surface area contributed by atoms with Crippen molar-refractivity contribution in [2.45, 2.75) is 64.3 Å². The SMILES string of the molecule is C=C(C(C)C)[C@H](NC(=O)OCc1ccccc1)C(=O)N1CCC[C@H]1C(=O)N[C@@H](CCCNC(=N)N)C(=O)CF. The van der Waals surface area contributed by atoms with E-state index >= 15 is 0 Å². The lowest BCUT2D eigenvalue weighted by molar-refractivity contribution is -0.140. The Balaban J connectivity index is 2.09. The van der Waals surface area contributed by atoms with E-state index in [0.717, 1.165) is 5.56 Å².